The van der Waals surface area contributed by atoms with Crippen LogP contribution < -0.4 is 9.80 Å². The fourth-order valence-corrected chi connectivity index (χ4v) is 11.8. The van der Waals surface area contributed by atoms with Crippen LogP contribution in [0, 0.1) is 5.41 Å². The molecule has 0 aliphatic heterocycles. The Labute approximate surface area is 463 Å². The van der Waals surface area contributed by atoms with Gasteiger partial charge in [-0.15, -0.1) is 0 Å². The van der Waals surface area contributed by atoms with Crippen molar-refractivity contribution in [1.29, 1.82) is 0 Å². The van der Waals surface area contributed by atoms with Crippen LogP contribution in [0.25, 0.3) is 16.7 Å². The molecule has 0 saturated heterocycles. The van der Waals surface area contributed by atoms with E-state index in [1.165, 1.54) is 72.3 Å². The van der Waals surface area contributed by atoms with E-state index in [0.717, 1.165) is 34.0 Å². The molecule has 77 heavy (non-hydrogen) atoms. The fraction of sp³-hybridized carbons (Fsp3) is 0.280. The van der Waals surface area contributed by atoms with Crippen LogP contribution in [0.2, 0.25) is 0 Å². The maximum atomic E-state index is 4.80. The molecule has 2 aliphatic rings. The van der Waals surface area contributed by atoms with Crippen LogP contribution in [0.15, 0.2) is 231 Å². The topological polar surface area (TPSA) is 6.48 Å². The average molecular weight is 1010 g/mol. The number of rotatable bonds is 12. The summed E-state index contributed by atoms with van der Waals surface area (Å²) in [5.74, 6) is 0. The third kappa shape index (κ3) is 9.97. The normalized spacial score (nSPS) is 15.8. The molecule has 0 fully saturated rings. The summed E-state index contributed by atoms with van der Waals surface area (Å²) in [6, 6.07) is 61.9. The Morgan fingerprint density at radius 3 is 1.43 bits per heavy atom. The van der Waals surface area contributed by atoms with Crippen LogP contribution in [0.3, 0.4) is 0 Å². The van der Waals surface area contributed by atoms with Gasteiger partial charge in [-0.25, -0.2) is 0 Å². The number of anilines is 4. The van der Waals surface area contributed by atoms with Crippen molar-refractivity contribution in [3.63, 3.8) is 0 Å². The molecule has 0 radical (unpaired) electrons. The second-order valence-corrected chi connectivity index (χ2v) is 26.1. The largest absolute Gasteiger partial charge is 0.338 e. The lowest BCUT2D eigenvalue weighted by Crippen LogP contribution is -2.30. The van der Waals surface area contributed by atoms with E-state index in [1.807, 2.05) is 6.08 Å². The lowest BCUT2D eigenvalue weighted by atomic mass is 9.67. The number of hydrogen-bond donors (Lipinski definition) is 0. The number of hydrogen-bond acceptors (Lipinski definition) is 2. The smallest absolute Gasteiger partial charge is 0.0712 e. The molecule has 7 aromatic rings. The molecular weight excluding hydrogens is 929 g/mol. The van der Waals surface area contributed by atoms with Gasteiger partial charge in [0.15, 0.2) is 0 Å². The first-order valence-electron chi connectivity index (χ1n) is 27.7. The van der Waals surface area contributed by atoms with Crippen LogP contribution in [0.4, 0.5) is 22.7 Å². The van der Waals surface area contributed by atoms with E-state index in [-0.39, 0.29) is 21.7 Å². The molecule has 392 valence electrons. The van der Waals surface area contributed by atoms with Crippen LogP contribution in [-0.2, 0) is 27.1 Å². The minimum Gasteiger partial charge on any atom is -0.338 e. The Morgan fingerprint density at radius 1 is 0.519 bits per heavy atom. The zero-order chi connectivity index (χ0) is 55.5. The Bertz CT molecular complexity index is 3340. The average Bonchev–Trinajstić information content (AvgIpc) is 3.93. The van der Waals surface area contributed by atoms with Gasteiger partial charge in [0.05, 0.1) is 11.1 Å². The van der Waals surface area contributed by atoms with Crippen molar-refractivity contribution < 1.29 is 0 Å². The van der Waals surface area contributed by atoms with Gasteiger partial charge in [-0.1, -0.05) is 262 Å². The van der Waals surface area contributed by atoms with Gasteiger partial charge in [0.25, 0.3) is 0 Å². The molecular formula is C75H82N2. The summed E-state index contributed by atoms with van der Waals surface area (Å²) in [5.41, 5.74) is 21.4. The first-order chi connectivity index (χ1) is 36.3. The van der Waals surface area contributed by atoms with Gasteiger partial charge >= 0.3 is 0 Å². The van der Waals surface area contributed by atoms with Gasteiger partial charge in [-0.05, 0) is 143 Å². The van der Waals surface area contributed by atoms with E-state index >= 15 is 0 Å². The van der Waals surface area contributed by atoms with Crippen molar-refractivity contribution in [3.8, 4) is 11.1 Å². The molecule has 7 aromatic carbocycles. The molecule has 2 aliphatic carbocycles. The SMILES string of the molecule is C=C/C=C1\C(=C/CN(C(=C)/C=C\C(=C)C(C)(C)C)c2ccc(C(C)(C)C)cc2)C(c2ccccc2)(c2ccccc2)c2cc(N(c3ccc(C(C)(C)C)cc3)c3ccc(C(C)(C)C)cc3)c3c(c21)C(C)(C)c1ccccc1-3. The molecule has 0 aromatic heterocycles. The minimum atomic E-state index is -0.779. The van der Waals surface area contributed by atoms with Crippen LogP contribution in [0.1, 0.15) is 147 Å². The second kappa shape index (κ2) is 20.2. The summed E-state index contributed by atoms with van der Waals surface area (Å²) in [6.45, 7) is 46.4. The van der Waals surface area contributed by atoms with Gasteiger partial charge in [0, 0.05) is 40.3 Å². The monoisotopic (exact) mass is 1010 g/mol. The Hall–Kier alpha value is -7.42. The third-order valence-corrected chi connectivity index (χ3v) is 16.4. The molecule has 0 spiro atoms. The maximum absolute atomic E-state index is 4.80. The van der Waals surface area contributed by atoms with Crippen molar-refractivity contribution in [2.45, 2.75) is 124 Å². The number of benzene rings is 7. The summed E-state index contributed by atoms with van der Waals surface area (Å²) >= 11 is 0. The standard InChI is InChI=1S/C75H82N2/c1-18-27-61-64(48-49-76(52(3)35-34-51(2)70(4,5)6)58-42-36-53(37-43-58)71(7,8)9)75(56-28-21-19-22-29-56,57-30-23-20-24-31-57)65-50-66(68-62-32-25-26-33-63(62)74(16,17)69(68)67(61)65)77(59-44-38-54(39-45-59)72(10,11)12)60-46-40-55(41-47-60)73(13,14)15/h18-48,50H,1-3,49H2,4-17H3/b35-34-,61-27+,64-48+. The Balaban J connectivity index is 1.41. The maximum Gasteiger partial charge on any atom is 0.0712 e. The van der Waals surface area contributed by atoms with Crippen LogP contribution in [-0.4, -0.2) is 6.54 Å². The van der Waals surface area contributed by atoms with E-state index in [0.29, 0.717) is 6.54 Å². The molecule has 0 amide bonds. The summed E-state index contributed by atoms with van der Waals surface area (Å²) in [5, 5.41) is 0. The molecule has 0 unspecified atom stereocenters. The molecule has 2 heteroatoms. The summed E-state index contributed by atoms with van der Waals surface area (Å²) < 4.78 is 0. The lowest BCUT2D eigenvalue weighted by molar-refractivity contribution is 0.519. The molecule has 2 nitrogen and oxygen atoms in total. The molecule has 0 bridgehead atoms. The number of nitrogens with zero attached hydrogens (tertiary/aromatic N) is 2. The van der Waals surface area contributed by atoms with Crippen molar-refractivity contribution in [3.05, 3.63) is 281 Å². The van der Waals surface area contributed by atoms with Gasteiger partial charge in [-0.2, -0.15) is 0 Å². The first-order valence-corrected chi connectivity index (χ1v) is 27.7. The van der Waals surface area contributed by atoms with Gasteiger partial charge in [0.2, 0.25) is 0 Å². The molecule has 0 saturated carbocycles. The highest BCUT2D eigenvalue weighted by Gasteiger charge is 2.53. The first kappa shape index (κ1) is 54.4. The zero-order valence-corrected chi connectivity index (χ0v) is 48.7. The number of fused-ring (bicyclic) bond motifs is 5. The van der Waals surface area contributed by atoms with E-state index in [4.69, 9.17) is 6.58 Å². The van der Waals surface area contributed by atoms with Crippen molar-refractivity contribution in [2.75, 3.05) is 16.3 Å². The van der Waals surface area contributed by atoms with Crippen molar-refractivity contribution in [1.82, 2.24) is 0 Å². The molecule has 9 rings (SSSR count). The summed E-state index contributed by atoms with van der Waals surface area (Å²) in [6.07, 6.45) is 11.1. The van der Waals surface area contributed by atoms with E-state index in [9.17, 15) is 0 Å². The fourth-order valence-electron chi connectivity index (χ4n) is 11.8. The summed E-state index contributed by atoms with van der Waals surface area (Å²) in [7, 11) is 0. The minimum absolute atomic E-state index is 0.00552. The van der Waals surface area contributed by atoms with Crippen LogP contribution in [0.5, 0.6) is 0 Å². The lowest BCUT2D eigenvalue weighted by Gasteiger charge is -2.37. The zero-order valence-electron chi connectivity index (χ0n) is 48.7. The molecule has 0 N–H and O–H groups in total. The molecule has 0 heterocycles. The van der Waals surface area contributed by atoms with E-state index in [2.05, 4.69) is 308 Å². The summed E-state index contributed by atoms with van der Waals surface area (Å²) in [4.78, 5) is 4.90. The van der Waals surface area contributed by atoms with Gasteiger partial charge < -0.3 is 9.80 Å². The highest BCUT2D eigenvalue weighted by molar-refractivity contribution is 6.05. The second-order valence-electron chi connectivity index (χ2n) is 26.1. The third-order valence-electron chi connectivity index (χ3n) is 16.4. The van der Waals surface area contributed by atoms with E-state index < -0.39 is 10.8 Å². The highest BCUT2D eigenvalue weighted by atomic mass is 15.1. The van der Waals surface area contributed by atoms with E-state index in [1.54, 1.807) is 0 Å². The predicted octanol–water partition coefficient (Wildman–Crippen LogP) is 20.4. The predicted molar refractivity (Wildman–Crippen MR) is 334 cm³/mol. The Morgan fingerprint density at radius 2 is 0.974 bits per heavy atom. The Kier molecular flexibility index (Phi) is 14.3. The van der Waals surface area contributed by atoms with Gasteiger partial charge in [-0.3, -0.25) is 0 Å². The highest BCUT2D eigenvalue weighted by Crippen LogP contribution is 2.65. The van der Waals surface area contributed by atoms with Crippen molar-refractivity contribution in [2.24, 2.45) is 5.41 Å². The molecule has 0 atom stereocenters. The van der Waals surface area contributed by atoms with Gasteiger partial charge in [0.1, 0.15) is 0 Å². The van der Waals surface area contributed by atoms with Crippen LogP contribution >= 0.6 is 0 Å². The number of allylic oxidation sites excluding steroid dienone is 7. The van der Waals surface area contributed by atoms with Crippen molar-refractivity contribution >= 4 is 28.3 Å². The quantitative estimate of drug-likeness (QED) is 0.113.